The lowest BCUT2D eigenvalue weighted by Crippen LogP contribution is -2.25. The van der Waals surface area contributed by atoms with Crippen LogP contribution in [0.4, 0.5) is 5.69 Å². The molecule has 0 radical (unpaired) electrons. The Balaban J connectivity index is 1.62. The van der Waals surface area contributed by atoms with Gasteiger partial charge in [-0.15, -0.1) is 0 Å². The zero-order valence-electron chi connectivity index (χ0n) is 13.2. The number of carbonyl (C=O) groups is 2. The summed E-state index contributed by atoms with van der Waals surface area (Å²) in [5, 5.41) is 2.67. The highest BCUT2D eigenvalue weighted by Crippen LogP contribution is 2.31. The van der Waals surface area contributed by atoms with Crippen molar-refractivity contribution in [3.05, 3.63) is 48.0 Å². The molecule has 0 spiro atoms. The number of rotatable bonds is 5. The van der Waals surface area contributed by atoms with E-state index in [0.717, 1.165) is 11.3 Å². The molecule has 0 aliphatic carbocycles. The third-order valence-corrected chi connectivity index (χ3v) is 3.40. The van der Waals surface area contributed by atoms with Gasteiger partial charge in [-0.3, -0.25) is 9.59 Å². The molecule has 1 aliphatic heterocycles. The summed E-state index contributed by atoms with van der Waals surface area (Å²) in [5.41, 5.74) is 1.33. The third-order valence-electron chi connectivity index (χ3n) is 3.40. The number of benzene rings is 2. The van der Waals surface area contributed by atoms with Gasteiger partial charge in [-0.2, -0.15) is 0 Å². The second kappa shape index (κ2) is 7.04. The van der Waals surface area contributed by atoms with Crippen LogP contribution in [0.5, 0.6) is 17.2 Å². The number of hydrogen-bond donors (Lipinski definition) is 1. The zero-order valence-corrected chi connectivity index (χ0v) is 13.2. The number of fused-ring (bicyclic) bond motifs is 1. The van der Waals surface area contributed by atoms with Crippen molar-refractivity contribution in [3.8, 4) is 17.2 Å². The van der Waals surface area contributed by atoms with Gasteiger partial charge in [0.2, 0.25) is 0 Å². The van der Waals surface area contributed by atoms with Crippen LogP contribution < -0.4 is 19.5 Å². The lowest BCUT2D eigenvalue weighted by Gasteiger charge is -2.18. The third kappa shape index (κ3) is 3.84. The van der Waals surface area contributed by atoms with Crippen molar-refractivity contribution in [1.29, 1.82) is 0 Å². The predicted molar refractivity (Wildman–Crippen MR) is 87.5 cm³/mol. The molecule has 0 bridgehead atoms. The summed E-state index contributed by atoms with van der Waals surface area (Å²) in [5.74, 6) is 1.05. The van der Waals surface area contributed by atoms with Crippen LogP contribution in [0.3, 0.4) is 0 Å². The maximum atomic E-state index is 12.1. The van der Waals surface area contributed by atoms with E-state index in [1.165, 1.54) is 0 Å². The predicted octanol–water partition coefficient (Wildman–Crippen LogP) is 2.56. The maximum Gasteiger partial charge on any atom is 0.315 e. The molecule has 24 heavy (non-hydrogen) atoms. The highest BCUT2D eigenvalue weighted by Gasteiger charge is 2.17. The normalized spacial score (nSPS) is 12.6. The number of anilines is 1. The van der Waals surface area contributed by atoms with Gasteiger partial charge in [0.1, 0.15) is 17.2 Å². The largest absolute Gasteiger partial charge is 0.494 e. The standard InChI is InChI=1S/C18H17NO5/c1-2-22-13-5-3-12(4-6-13)9-18(21)24-14-7-8-16-15(10-14)19-17(20)11-23-16/h3-8,10H,2,9,11H2,1H3,(H,19,20). The molecule has 0 aromatic heterocycles. The van der Waals surface area contributed by atoms with Crippen LogP contribution in [-0.2, 0) is 16.0 Å². The second-order valence-corrected chi connectivity index (χ2v) is 5.22. The summed E-state index contributed by atoms with van der Waals surface area (Å²) in [7, 11) is 0. The molecule has 0 saturated carbocycles. The summed E-state index contributed by atoms with van der Waals surface area (Å²) >= 11 is 0. The van der Waals surface area contributed by atoms with Crippen molar-refractivity contribution in [1.82, 2.24) is 0 Å². The summed E-state index contributed by atoms with van der Waals surface area (Å²) in [6.45, 7) is 2.50. The Kier molecular flexibility index (Phi) is 4.65. The number of hydrogen-bond acceptors (Lipinski definition) is 5. The highest BCUT2D eigenvalue weighted by atomic mass is 16.5. The number of amides is 1. The molecule has 6 nitrogen and oxygen atoms in total. The SMILES string of the molecule is CCOc1ccc(CC(=O)Oc2ccc3c(c2)NC(=O)CO3)cc1. The van der Waals surface area contributed by atoms with Crippen LogP contribution in [0.1, 0.15) is 12.5 Å². The monoisotopic (exact) mass is 327 g/mol. The fraction of sp³-hybridized carbons (Fsp3) is 0.222. The molecule has 124 valence electrons. The summed E-state index contributed by atoms with van der Waals surface area (Å²) in [6.07, 6.45) is 0.145. The van der Waals surface area contributed by atoms with E-state index >= 15 is 0 Å². The van der Waals surface area contributed by atoms with Crippen LogP contribution in [0.2, 0.25) is 0 Å². The van der Waals surface area contributed by atoms with E-state index < -0.39 is 0 Å². The van der Waals surface area contributed by atoms with Crippen molar-refractivity contribution >= 4 is 17.6 Å². The summed E-state index contributed by atoms with van der Waals surface area (Å²) in [4.78, 5) is 23.4. The molecular formula is C18H17NO5. The lowest BCUT2D eigenvalue weighted by atomic mass is 10.1. The van der Waals surface area contributed by atoms with E-state index in [9.17, 15) is 9.59 Å². The Morgan fingerprint density at radius 1 is 1.17 bits per heavy atom. The van der Waals surface area contributed by atoms with Gasteiger partial charge in [-0.1, -0.05) is 12.1 Å². The maximum absolute atomic E-state index is 12.1. The van der Waals surface area contributed by atoms with Crippen molar-refractivity contribution in [2.45, 2.75) is 13.3 Å². The average molecular weight is 327 g/mol. The lowest BCUT2D eigenvalue weighted by molar-refractivity contribution is -0.133. The molecule has 0 atom stereocenters. The molecule has 1 aliphatic rings. The van der Waals surface area contributed by atoms with Gasteiger partial charge in [0.25, 0.3) is 5.91 Å². The second-order valence-electron chi connectivity index (χ2n) is 5.22. The first-order chi connectivity index (χ1) is 11.6. The van der Waals surface area contributed by atoms with Crippen molar-refractivity contribution in [2.75, 3.05) is 18.5 Å². The Morgan fingerprint density at radius 3 is 2.67 bits per heavy atom. The van der Waals surface area contributed by atoms with Crippen LogP contribution in [0.25, 0.3) is 0 Å². The number of carbonyl (C=O) groups excluding carboxylic acids is 2. The summed E-state index contributed by atoms with van der Waals surface area (Å²) in [6, 6.07) is 12.2. The Bertz CT molecular complexity index is 755. The van der Waals surface area contributed by atoms with Gasteiger partial charge in [-0.05, 0) is 36.8 Å². The smallest absolute Gasteiger partial charge is 0.315 e. The minimum atomic E-state index is -0.387. The first-order valence-electron chi connectivity index (χ1n) is 7.63. The Labute approximate surface area is 139 Å². The zero-order chi connectivity index (χ0) is 16.9. The van der Waals surface area contributed by atoms with E-state index in [1.54, 1.807) is 18.2 Å². The molecule has 0 unspecified atom stereocenters. The van der Waals surface area contributed by atoms with Crippen LogP contribution in [0, 0.1) is 0 Å². The van der Waals surface area contributed by atoms with E-state index in [1.807, 2.05) is 31.2 Å². The molecule has 1 heterocycles. The van der Waals surface area contributed by atoms with Gasteiger partial charge in [0, 0.05) is 6.07 Å². The fourth-order valence-electron chi connectivity index (χ4n) is 2.33. The van der Waals surface area contributed by atoms with E-state index in [0.29, 0.717) is 23.8 Å². The van der Waals surface area contributed by atoms with Crippen molar-refractivity contribution < 1.29 is 23.8 Å². The fourth-order valence-corrected chi connectivity index (χ4v) is 2.33. The molecule has 1 N–H and O–H groups in total. The minimum Gasteiger partial charge on any atom is -0.494 e. The van der Waals surface area contributed by atoms with Gasteiger partial charge in [-0.25, -0.2) is 0 Å². The Hall–Kier alpha value is -3.02. The topological polar surface area (TPSA) is 73.9 Å². The molecule has 1 amide bonds. The molecule has 2 aromatic carbocycles. The first-order valence-corrected chi connectivity index (χ1v) is 7.63. The van der Waals surface area contributed by atoms with Crippen LogP contribution in [-0.4, -0.2) is 25.1 Å². The number of nitrogens with one attached hydrogen (secondary N) is 1. The van der Waals surface area contributed by atoms with E-state index in [4.69, 9.17) is 14.2 Å². The molecule has 2 aromatic rings. The van der Waals surface area contributed by atoms with Crippen molar-refractivity contribution in [2.24, 2.45) is 0 Å². The van der Waals surface area contributed by atoms with E-state index in [-0.39, 0.29) is 24.9 Å². The van der Waals surface area contributed by atoms with E-state index in [2.05, 4.69) is 5.32 Å². The van der Waals surface area contributed by atoms with Crippen LogP contribution >= 0.6 is 0 Å². The quantitative estimate of drug-likeness (QED) is 0.675. The molecule has 6 heteroatoms. The minimum absolute atomic E-state index is 0.0100. The number of esters is 1. The van der Waals surface area contributed by atoms with Gasteiger partial charge in [0.05, 0.1) is 18.7 Å². The van der Waals surface area contributed by atoms with Gasteiger partial charge in [0.15, 0.2) is 6.61 Å². The summed E-state index contributed by atoms with van der Waals surface area (Å²) < 4.78 is 15.9. The first kappa shape index (κ1) is 15.9. The average Bonchev–Trinajstić information content (AvgIpc) is 2.56. The highest BCUT2D eigenvalue weighted by molar-refractivity contribution is 5.95. The molecule has 0 saturated heterocycles. The van der Waals surface area contributed by atoms with Gasteiger partial charge >= 0.3 is 5.97 Å². The molecule has 3 rings (SSSR count). The molecule has 0 fully saturated rings. The number of ether oxygens (including phenoxy) is 3. The van der Waals surface area contributed by atoms with Gasteiger partial charge < -0.3 is 19.5 Å². The Morgan fingerprint density at radius 2 is 1.92 bits per heavy atom. The molecular weight excluding hydrogens is 310 g/mol. The van der Waals surface area contributed by atoms with Crippen LogP contribution in [0.15, 0.2) is 42.5 Å². The van der Waals surface area contributed by atoms with Crippen molar-refractivity contribution in [3.63, 3.8) is 0 Å².